The summed E-state index contributed by atoms with van der Waals surface area (Å²) in [7, 11) is 1.24. The lowest BCUT2D eigenvalue weighted by Gasteiger charge is -2.14. The molecule has 0 bridgehead atoms. The lowest BCUT2D eigenvalue weighted by molar-refractivity contribution is 0.0951. The Morgan fingerprint density at radius 2 is 2.03 bits per heavy atom. The smallest absolute Gasteiger partial charge is 0.411 e. The minimum Gasteiger partial charge on any atom is -0.453 e. The van der Waals surface area contributed by atoms with Gasteiger partial charge >= 0.3 is 6.09 Å². The minimum absolute atomic E-state index is 0.119. The Balaban J connectivity index is 1.87. The topological polar surface area (TPSA) is 98.1 Å². The van der Waals surface area contributed by atoms with Crippen molar-refractivity contribution in [1.29, 1.82) is 0 Å². The molecule has 0 radical (unpaired) electrons. The third-order valence-corrected chi connectivity index (χ3v) is 4.98. The fraction of sp³-hybridized carbons (Fsp3) is 0.158. The van der Waals surface area contributed by atoms with Gasteiger partial charge in [0.25, 0.3) is 5.91 Å². The van der Waals surface area contributed by atoms with Gasteiger partial charge in [-0.15, -0.1) is 0 Å². The van der Waals surface area contributed by atoms with Gasteiger partial charge in [0, 0.05) is 11.2 Å². The zero-order valence-electron chi connectivity index (χ0n) is 15.9. The van der Waals surface area contributed by atoms with Crippen LogP contribution in [0, 0.1) is 6.92 Å². The molecule has 0 spiro atoms. The number of ether oxygens (including phenoxy) is 1. The Morgan fingerprint density at radius 1 is 1.27 bits per heavy atom. The molecule has 2 amide bonds. The third kappa shape index (κ3) is 4.92. The largest absolute Gasteiger partial charge is 0.453 e. The highest BCUT2D eigenvalue weighted by Crippen LogP contribution is 2.26. The van der Waals surface area contributed by atoms with E-state index in [9.17, 15) is 9.59 Å². The van der Waals surface area contributed by atoms with E-state index in [2.05, 4.69) is 41.4 Å². The number of methoxy groups -OCH3 is 1. The molecule has 1 aromatic carbocycles. The number of halogens is 3. The molecule has 0 fully saturated rings. The zero-order valence-corrected chi connectivity index (χ0v) is 19.0. The highest BCUT2D eigenvalue weighted by molar-refractivity contribution is 9.10. The molecular formula is C19H16BrCl2N5O3. The SMILES string of the molecule is COC(=O)Nc1c(C)cc(Cl)cc1C(=O)NCc1cc(Br)nn1-c1ncccc1Cl. The highest BCUT2D eigenvalue weighted by Gasteiger charge is 2.19. The van der Waals surface area contributed by atoms with E-state index in [-0.39, 0.29) is 12.1 Å². The number of rotatable bonds is 5. The van der Waals surface area contributed by atoms with Gasteiger partial charge in [-0.25, -0.2) is 14.5 Å². The van der Waals surface area contributed by atoms with Gasteiger partial charge in [-0.3, -0.25) is 10.1 Å². The number of hydrogen-bond donors (Lipinski definition) is 2. The lowest BCUT2D eigenvalue weighted by Crippen LogP contribution is -2.26. The first-order valence-electron chi connectivity index (χ1n) is 8.58. The van der Waals surface area contributed by atoms with E-state index in [0.717, 1.165) is 0 Å². The minimum atomic E-state index is -0.693. The second-order valence-corrected chi connectivity index (χ2v) is 7.78. The van der Waals surface area contributed by atoms with E-state index in [1.54, 1.807) is 37.4 Å². The van der Waals surface area contributed by atoms with Crippen molar-refractivity contribution < 1.29 is 14.3 Å². The summed E-state index contributed by atoms with van der Waals surface area (Å²) in [5, 5.41) is 10.5. The van der Waals surface area contributed by atoms with Gasteiger partial charge in [-0.05, 0) is 58.7 Å². The molecule has 2 aromatic heterocycles. The Morgan fingerprint density at radius 3 is 2.73 bits per heavy atom. The number of aryl methyl sites for hydroxylation is 1. The van der Waals surface area contributed by atoms with Gasteiger partial charge in [0.15, 0.2) is 5.82 Å². The normalized spacial score (nSPS) is 10.6. The van der Waals surface area contributed by atoms with Crippen LogP contribution in [0.5, 0.6) is 0 Å². The number of nitrogens with one attached hydrogen (secondary N) is 2. The number of amides is 2. The predicted molar refractivity (Wildman–Crippen MR) is 117 cm³/mol. The van der Waals surface area contributed by atoms with Crippen LogP contribution in [0.2, 0.25) is 10.0 Å². The van der Waals surface area contributed by atoms with Crippen molar-refractivity contribution in [3.05, 3.63) is 68.0 Å². The number of benzene rings is 1. The molecule has 30 heavy (non-hydrogen) atoms. The van der Waals surface area contributed by atoms with Crippen molar-refractivity contribution in [2.45, 2.75) is 13.5 Å². The van der Waals surface area contributed by atoms with Gasteiger partial charge in [-0.1, -0.05) is 23.2 Å². The average Bonchev–Trinajstić information content (AvgIpc) is 3.08. The summed E-state index contributed by atoms with van der Waals surface area (Å²) in [6, 6.07) is 8.25. The fourth-order valence-electron chi connectivity index (χ4n) is 2.74. The van der Waals surface area contributed by atoms with Crippen LogP contribution in [0.1, 0.15) is 21.6 Å². The summed E-state index contributed by atoms with van der Waals surface area (Å²) >= 11 is 15.7. The first kappa shape index (κ1) is 22.1. The number of aromatic nitrogens is 3. The summed E-state index contributed by atoms with van der Waals surface area (Å²) in [6.07, 6.45) is 0.903. The molecular weight excluding hydrogens is 497 g/mol. The number of nitrogens with zero attached hydrogens (tertiary/aromatic N) is 3. The van der Waals surface area contributed by atoms with Crippen molar-refractivity contribution in [2.24, 2.45) is 0 Å². The number of anilines is 1. The maximum absolute atomic E-state index is 12.9. The van der Waals surface area contributed by atoms with Crippen LogP contribution >= 0.6 is 39.1 Å². The molecule has 11 heteroatoms. The Hall–Kier alpha value is -2.62. The highest BCUT2D eigenvalue weighted by atomic mass is 79.9. The van der Waals surface area contributed by atoms with Crippen molar-refractivity contribution >= 4 is 56.8 Å². The quantitative estimate of drug-likeness (QED) is 0.513. The van der Waals surface area contributed by atoms with Crippen LogP contribution in [0.15, 0.2) is 41.1 Å². The van der Waals surface area contributed by atoms with Gasteiger partial charge < -0.3 is 10.1 Å². The van der Waals surface area contributed by atoms with Crippen LogP contribution in [0.3, 0.4) is 0 Å². The number of pyridine rings is 1. The number of hydrogen-bond acceptors (Lipinski definition) is 5. The van der Waals surface area contributed by atoms with Crippen molar-refractivity contribution in [3.63, 3.8) is 0 Å². The van der Waals surface area contributed by atoms with Crippen LogP contribution < -0.4 is 10.6 Å². The fourth-order valence-corrected chi connectivity index (χ4v) is 3.63. The molecule has 0 atom stereocenters. The third-order valence-electron chi connectivity index (χ3n) is 4.08. The van der Waals surface area contributed by atoms with E-state index in [1.165, 1.54) is 17.9 Å². The molecule has 156 valence electrons. The second-order valence-electron chi connectivity index (χ2n) is 6.12. The van der Waals surface area contributed by atoms with Crippen LogP contribution in [0.25, 0.3) is 5.82 Å². The van der Waals surface area contributed by atoms with Crippen molar-refractivity contribution in [2.75, 3.05) is 12.4 Å². The average molecular weight is 513 g/mol. The van der Waals surface area contributed by atoms with Crippen molar-refractivity contribution in [3.8, 4) is 5.82 Å². The number of carbonyl (C=O) groups excluding carboxylic acids is 2. The van der Waals surface area contributed by atoms with Crippen LogP contribution in [-0.4, -0.2) is 33.9 Å². The van der Waals surface area contributed by atoms with Crippen LogP contribution in [0.4, 0.5) is 10.5 Å². The molecule has 0 saturated heterocycles. The van der Waals surface area contributed by atoms with Crippen molar-refractivity contribution in [1.82, 2.24) is 20.1 Å². The maximum Gasteiger partial charge on any atom is 0.411 e. The van der Waals surface area contributed by atoms with Gasteiger partial charge in [-0.2, -0.15) is 5.10 Å². The summed E-state index contributed by atoms with van der Waals surface area (Å²) in [5.74, 6) is -0.0104. The Bertz CT molecular complexity index is 1120. The summed E-state index contributed by atoms with van der Waals surface area (Å²) in [6.45, 7) is 1.84. The van der Waals surface area contributed by atoms with E-state index in [1.807, 2.05) is 0 Å². The zero-order chi connectivity index (χ0) is 21.8. The van der Waals surface area contributed by atoms with Gasteiger partial charge in [0.1, 0.15) is 4.60 Å². The molecule has 3 aromatic rings. The molecule has 0 aliphatic heterocycles. The molecule has 2 N–H and O–H groups in total. The monoisotopic (exact) mass is 511 g/mol. The Kier molecular flexibility index (Phi) is 6.96. The first-order valence-corrected chi connectivity index (χ1v) is 10.1. The van der Waals surface area contributed by atoms with E-state index in [4.69, 9.17) is 23.2 Å². The molecule has 8 nitrogen and oxygen atoms in total. The van der Waals surface area contributed by atoms with Crippen LogP contribution in [-0.2, 0) is 11.3 Å². The number of carbonyl (C=O) groups is 2. The standard InChI is InChI=1S/C19H16BrCl2N5O3/c1-10-6-11(21)7-13(16(10)25-19(29)30-2)18(28)24-9-12-8-15(20)26-27(12)17-14(22)4-3-5-23-17/h3-8H,9H2,1-2H3,(H,24,28)(H,25,29). The molecule has 2 heterocycles. The summed E-state index contributed by atoms with van der Waals surface area (Å²) < 4.78 is 6.72. The van der Waals surface area contributed by atoms with E-state index < -0.39 is 12.0 Å². The summed E-state index contributed by atoms with van der Waals surface area (Å²) in [5.41, 5.74) is 1.76. The predicted octanol–water partition coefficient (Wildman–Crippen LogP) is 4.75. The van der Waals surface area contributed by atoms with E-state index in [0.29, 0.717) is 37.4 Å². The molecule has 0 aliphatic carbocycles. The van der Waals surface area contributed by atoms with Gasteiger partial charge in [0.05, 0.1) is 35.6 Å². The lowest BCUT2D eigenvalue weighted by atomic mass is 10.1. The summed E-state index contributed by atoms with van der Waals surface area (Å²) in [4.78, 5) is 28.8. The van der Waals surface area contributed by atoms with E-state index >= 15 is 0 Å². The first-order chi connectivity index (χ1) is 14.3. The molecule has 0 aliphatic rings. The molecule has 3 rings (SSSR count). The molecule has 0 unspecified atom stereocenters. The maximum atomic E-state index is 12.9. The second kappa shape index (κ2) is 9.46. The molecule has 0 saturated carbocycles. The Labute approximate surface area is 190 Å². The van der Waals surface area contributed by atoms with Gasteiger partial charge in [0.2, 0.25) is 0 Å².